The third-order valence-electron chi connectivity index (χ3n) is 4.92. The molecule has 5 heteroatoms. The van der Waals surface area contributed by atoms with Crippen LogP contribution in [0.25, 0.3) is 0 Å². The fourth-order valence-corrected chi connectivity index (χ4v) is 3.36. The number of furan rings is 1. The van der Waals surface area contributed by atoms with E-state index in [9.17, 15) is 9.90 Å². The van der Waals surface area contributed by atoms with Crippen molar-refractivity contribution in [2.75, 3.05) is 19.6 Å². The van der Waals surface area contributed by atoms with Crippen LogP contribution in [0.15, 0.2) is 16.5 Å². The van der Waals surface area contributed by atoms with Crippen LogP contribution >= 0.6 is 0 Å². The number of aliphatic hydroxyl groups is 1. The number of nitrogens with one attached hydrogen (secondary N) is 1. The van der Waals surface area contributed by atoms with Gasteiger partial charge in [-0.1, -0.05) is 6.42 Å². The number of piperidine rings is 1. The minimum Gasteiger partial charge on any atom is -0.465 e. The average molecular weight is 306 g/mol. The van der Waals surface area contributed by atoms with Gasteiger partial charge in [0.05, 0.1) is 6.54 Å². The quantitative estimate of drug-likeness (QED) is 0.841. The third kappa shape index (κ3) is 3.36. The number of rotatable bonds is 6. The Labute approximate surface area is 131 Å². The second-order valence-corrected chi connectivity index (χ2v) is 6.80. The Morgan fingerprint density at radius 2 is 2.23 bits per heavy atom. The van der Waals surface area contributed by atoms with Crippen molar-refractivity contribution in [3.05, 3.63) is 23.7 Å². The van der Waals surface area contributed by atoms with Gasteiger partial charge < -0.3 is 19.7 Å². The summed E-state index contributed by atoms with van der Waals surface area (Å²) in [6.45, 7) is 4.33. The Hall–Kier alpha value is -1.33. The predicted octanol–water partition coefficient (Wildman–Crippen LogP) is 1.83. The highest BCUT2D eigenvalue weighted by molar-refractivity contribution is 5.86. The first-order valence-corrected chi connectivity index (χ1v) is 8.35. The van der Waals surface area contributed by atoms with E-state index in [0.29, 0.717) is 18.9 Å². The highest BCUT2D eigenvalue weighted by atomic mass is 16.3. The molecule has 1 saturated carbocycles. The van der Waals surface area contributed by atoms with Crippen molar-refractivity contribution in [3.8, 4) is 0 Å². The number of amides is 1. The number of hydrogen-bond donors (Lipinski definition) is 2. The van der Waals surface area contributed by atoms with Gasteiger partial charge in [0.25, 0.3) is 5.91 Å². The Bertz CT molecular complexity index is 524. The summed E-state index contributed by atoms with van der Waals surface area (Å²) < 4.78 is 5.49. The number of carbonyl (C=O) groups excluding carboxylic acids is 1. The number of likely N-dealkylation sites (tertiary alicyclic amines) is 1. The van der Waals surface area contributed by atoms with Crippen LogP contribution in [0, 0.1) is 12.8 Å². The molecule has 1 saturated heterocycles. The summed E-state index contributed by atoms with van der Waals surface area (Å²) in [5, 5.41) is 13.9. The Kier molecular flexibility index (Phi) is 4.54. The fraction of sp³-hybridized carbons (Fsp3) is 0.706. The minimum atomic E-state index is -1.26. The molecule has 3 rings (SSSR count). The second kappa shape index (κ2) is 6.42. The molecule has 1 aromatic rings. The van der Waals surface area contributed by atoms with Crippen molar-refractivity contribution in [2.45, 2.75) is 51.2 Å². The van der Waals surface area contributed by atoms with E-state index in [4.69, 9.17) is 4.42 Å². The molecule has 0 radical (unpaired) electrons. The lowest BCUT2D eigenvalue weighted by Gasteiger charge is -2.41. The molecular weight excluding hydrogens is 280 g/mol. The van der Waals surface area contributed by atoms with E-state index >= 15 is 0 Å². The summed E-state index contributed by atoms with van der Waals surface area (Å²) in [6.07, 6.45) is 5.13. The van der Waals surface area contributed by atoms with E-state index in [1.807, 2.05) is 24.0 Å². The number of aryl methyl sites for hydroxylation is 1. The van der Waals surface area contributed by atoms with E-state index in [0.717, 1.165) is 31.0 Å². The lowest BCUT2D eigenvalue weighted by molar-refractivity contribution is -0.157. The van der Waals surface area contributed by atoms with E-state index in [1.54, 1.807) is 0 Å². The summed E-state index contributed by atoms with van der Waals surface area (Å²) in [5.41, 5.74) is -1.26. The van der Waals surface area contributed by atoms with Gasteiger partial charge in [0, 0.05) is 19.6 Å². The molecular formula is C17H26N2O3. The highest BCUT2D eigenvalue weighted by Crippen LogP contribution is 2.30. The Morgan fingerprint density at radius 1 is 1.41 bits per heavy atom. The van der Waals surface area contributed by atoms with Gasteiger partial charge in [-0.2, -0.15) is 0 Å². The Balaban J connectivity index is 1.52. The Morgan fingerprint density at radius 3 is 2.86 bits per heavy atom. The molecule has 0 unspecified atom stereocenters. The smallest absolute Gasteiger partial charge is 0.255 e. The lowest BCUT2D eigenvalue weighted by Crippen LogP contribution is -2.58. The molecule has 5 nitrogen and oxygen atoms in total. The van der Waals surface area contributed by atoms with Crippen LogP contribution in [0.3, 0.4) is 0 Å². The molecule has 0 spiro atoms. The number of nitrogens with zero attached hydrogens (tertiary/aromatic N) is 1. The van der Waals surface area contributed by atoms with E-state index in [2.05, 4.69) is 5.32 Å². The van der Waals surface area contributed by atoms with Gasteiger partial charge in [-0.15, -0.1) is 0 Å². The number of hydrogen-bond acceptors (Lipinski definition) is 4. The van der Waals surface area contributed by atoms with Crippen LogP contribution in [-0.2, 0) is 11.3 Å². The molecule has 1 aliphatic heterocycles. The summed E-state index contributed by atoms with van der Waals surface area (Å²) >= 11 is 0. The molecule has 0 bridgehead atoms. The molecule has 2 fully saturated rings. The van der Waals surface area contributed by atoms with Crippen LogP contribution in [0.4, 0.5) is 0 Å². The van der Waals surface area contributed by atoms with E-state index in [1.165, 1.54) is 19.3 Å². The highest BCUT2D eigenvalue weighted by Gasteiger charge is 2.42. The summed E-state index contributed by atoms with van der Waals surface area (Å²) in [5.74, 6) is 2.24. The third-order valence-corrected chi connectivity index (χ3v) is 4.92. The SMILES string of the molecule is Cc1ccc(CNC[C@]2(O)CCCN(CC3CCC3)C2=O)o1. The average Bonchev–Trinajstić information content (AvgIpc) is 2.84. The summed E-state index contributed by atoms with van der Waals surface area (Å²) in [4.78, 5) is 14.4. The molecule has 1 aliphatic carbocycles. The van der Waals surface area contributed by atoms with Gasteiger partial charge in [-0.3, -0.25) is 4.79 Å². The molecule has 1 atom stereocenters. The van der Waals surface area contributed by atoms with Gasteiger partial charge in [0.2, 0.25) is 0 Å². The molecule has 0 aromatic carbocycles. The zero-order valence-corrected chi connectivity index (χ0v) is 13.3. The van der Waals surface area contributed by atoms with Gasteiger partial charge in [0.15, 0.2) is 5.60 Å². The van der Waals surface area contributed by atoms with Crippen molar-refractivity contribution < 1.29 is 14.3 Å². The maximum atomic E-state index is 12.6. The van der Waals surface area contributed by atoms with Crippen LogP contribution in [-0.4, -0.2) is 41.1 Å². The largest absolute Gasteiger partial charge is 0.465 e. The van der Waals surface area contributed by atoms with E-state index in [-0.39, 0.29) is 12.5 Å². The molecule has 1 amide bonds. The monoisotopic (exact) mass is 306 g/mol. The van der Waals surface area contributed by atoms with Crippen molar-refractivity contribution >= 4 is 5.91 Å². The first-order valence-electron chi connectivity index (χ1n) is 8.35. The maximum absolute atomic E-state index is 12.6. The van der Waals surface area contributed by atoms with Crippen molar-refractivity contribution in [1.82, 2.24) is 10.2 Å². The van der Waals surface area contributed by atoms with E-state index < -0.39 is 5.60 Å². The lowest BCUT2D eigenvalue weighted by atomic mass is 9.83. The number of carbonyl (C=O) groups is 1. The van der Waals surface area contributed by atoms with Crippen LogP contribution in [0.5, 0.6) is 0 Å². The zero-order chi connectivity index (χ0) is 15.6. The first-order chi connectivity index (χ1) is 10.6. The van der Waals surface area contributed by atoms with Gasteiger partial charge >= 0.3 is 0 Å². The van der Waals surface area contributed by atoms with Crippen molar-refractivity contribution in [1.29, 1.82) is 0 Å². The zero-order valence-electron chi connectivity index (χ0n) is 13.3. The summed E-state index contributed by atoms with van der Waals surface area (Å²) in [7, 11) is 0. The molecule has 2 N–H and O–H groups in total. The standard InChI is InChI=1S/C17H26N2O3/c1-13-6-7-15(22-13)10-18-12-17(21)8-3-9-19(16(17)20)11-14-4-2-5-14/h6-7,14,18,21H,2-5,8-12H2,1H3/t17-/m1/s1. The second-order valence-electron chi connectivity index (χ2n) is 6.80. The topological polar surface area (TPSA) is 65.7 Å². The minimum absolute atomic E-state index is 0.103. The molecule has 2 aliphatic rings. The fourth-order valence-electron chi connectivity index (χ4n) is 3.36. The molecule has 1 aromatic heterocycles. The molecule has 122 valence electrons. The van der Waals surface area contributed by atoms with Crippen molar-refractivity contribution in [3.63, 3.8) is 0 Å². The van der Waals surface area contributed by atoms with Crippen molar-refractivity contribution in [2.24, 2.45) is 5.92 Å². The molecule has 2 heterocycles. The molecule has 22 heavy (non-hydrogen) atoms. The summed E-state index contributed by atoms with van der Waals surface area (Å²) in [6, 6.07) is 3.83. The maximum Gasteiger partial charge on any atom is 0.255 e. The normalized spacial score (nSPS) is 26.3. The van der Waals surface area contributed by atoms with Gasteiger partial charge in [0.1, 0.15) is 11.5 Å². The van der Waals surface area contributed by atoms with Gasteiger partial charge in [-0.05, 0) is 50.7 Å². The van der Waals surface area contributed by atoms with Gasteiger partial charge in [-0.25, -0.2) is 0 Å². The van der Waals surface area contributed by atoms with Crippen LogP contribution < -0.4 is 5.32 Å². The first kappa shape index (κ1) is 15.6. The van der Waals surface area contributed by atoms with Crippen LogP contribution in [0.2, 0.25) is 0 Å². The predicted molar refractivity (Wildman–Crippen MR) is 83.3 cm³/mol. The van der Waals surface area contributed by atoms with Crippen LogP contribution in [0.1, 0.15) is 43.6 Å².